The number of nitrogens with zero attached hydrogens (tertiary/aromatic N) is 3. The summed E-state index contributed by atoms with van der Waals surface area (Å²) in [7, 11) is -2.98. The molecule has 2 aromatic heterocycles. The topological polar surface area (TPSA) is 96.9 Å². The first-order chi connectivity index (χ1) is 13.6. The van der Waals surface area contributed by atoms with Crippen LogP contribution in [0.4, 0.5) is 11.8 Å². The highest BCUT2D eigenvalue weighted by Crippen LogP contribution is 2.23. The van der Waals surface area contributed by atoms with E-state index >= 15 is 0 Å². The molecule has 2 N–H and O–H groups in total. The van der Waals surface area contributed by atoms with Crippen molar-refractivity contribution in [1.82, 2.24) is 15.0 Å². The molecule has 0 aliphatic carbocycles. The average Bonchev–Trinajstić information content (AvgIpc) is 3.06. The largest absolute Gasteiger partial charge is 0.364 e. The third-order valence-corrected chi connectivity index (χ3v) is 6.31. The normalized spacial score (nSPS) is 17.9. The summed E-state index contributed by atoms with van der Waals surface area (Å²) in [6.07, 6.45) is 2.32. The van der Waals surface area contributed by atoms with Gasteiger partial charge in [-0.1, -0.05) is 36.4 Å². The quantitative estimate of drug-likeness (QED) is 0.662. The van der Waals surface area contributed by atoms with E-state index in [1.165, 1.54) is 0 Å². The van der Waals surface area contributed by atoms with Gasteiger partial charge in [0.2, 0.25) is 5.95 Å². The number of nitrogens with one attached hydrogen (secondary N) is 2. The lowest BCUT2D eigenvalue weighted by molar-refractivity contribution is 0.602. The van der Waals surface area contributed by atoms with Crippen molar-refractivity contribution < 1.29 is 8.42 Å². The predicted molar refractivity (Wildman–Crippen MR) is 110 cm³/mol. The number of hydrogen-bond donors (Lipinski definition) is 2. The van der Waals surface area contributed by atoms with Crippen molar-refractivity contribution in [3.63, 3.8) is 0 Å². The summed E-state index contributed by atoms with van der Waals surface area (Å²) in [6.45, 7) is 0.531. The Kier molecular flexibility index (Phi) is 5.21. The minimum absolute atomic E-state index is 0.114. The molecule has 1 aliphatic rings. The number of pyridine rings is 1. The van der Waals surface area contributed by atoms with E-state index in [2.05, 4.69) is 25.6 Å². The van der Waals surface area contributed by atoms with Crippen LogP contribution in [-0.4, -0.2) is 40.9 Å². The molecule has 144 valence electrons. The molecule has 1 unspecified atom stereocenters. The summed E-state index contributed by atoms with van der Waals surface area (Å²) in [4.78, 5) is 13.4. The number of rotatable bonds is 6. The van der Waals surface area contributed by atoms with Crippen molar-refractivity contribution in [3.05, 3.63) is 66.5 Å². The molecule has 1 aliphatic heterocycles. The number of anilines is 2. The van der Waals surface area contributed by atoms with E-state index in [4.69, 9.17) is 0 Å². The molecule has 1 aromatic carbocycles. The van der Waals surface area contributed by atoms with Gasteiger partial charge in [-0.3, -0.25) is 4.98 Å². The molecule has 1 saturated heterocycles. The minimum Gasteiger partial charge on any atom is -0.364 e. The molecule has 4 rings (SSSR count). The number of benzene rings is 1. The smallest absolute Gasteiger partial charge is 0.225 e. The van der Waals surface area contributed by atoms with E-state index in [1.807, 2.05) is 54.6 Å². The lowest BCUT2D eigenvalue weighted by Gasteiger charge is -2.14. The fraction of sp³-hybridized carbons (Fsp3) is 0.250. The lowest BCUT2D eigenvalue weighted by Crippen LogP contribution is -2.22. The van der Waals surface area contributed by atoms with E-state index in [0.29, 0.717) is 24.7 Å². The van der Waals surface area contributed by atoms with Gasteiger partial charge in [-0.25, -0.2) is 13.4 Å². The Balaban J connectivity index is 1.59. The first-order valence-electron chi connectivity index (χ1n) is 9.13. The molecule has 7 nitrogen and oxygen atoms in total. The van der Waals surface area contributed by atoms with Crippen molar-refractivity contribution in [2.75, 3.05) is 22.1 Å². The Morgan fingerprint density at radius 3 is 2.57 bits per heavy atom. The van der Waals surface area contributed by atoms with Gasteiger partial charge in [0.1, 0.15) is 5.82 Å². The molecule has 1 fully saturated rings. The van der Waals surface area contributed by atoms with Gasteiger partial charge < -0.3 is 10.6 Å². The highest BCUT2D eigenvalue weighted by atomic mass is 32.2. The van der Waals surface area contributed by atoms with Gasteiger partial charge in [0.25, 0.3) is 0 Å². The van der Waals surface area contributed by atoms with E-state index in [1.54, 1.807) is 6.20 Å². The fourth-order valence-electron chi connectivity index (χ4n) is 3.13. The molecular weight excluding hydrogens is 374 g/mol. The maximum Gasteiger partial charge on any atom is 0.225 e. The molecule has 3 aromatic rings. The van der Waals surface area contributed by atoms with E-state index < -0.39 is 9.84 Å². The minimum atomic E-state index is -2.98. The Morgan fingerprint density at radius 2 is 1.86 bits per heavy atom. The molecule has 8 heteroatoms. The molecule has 3 heterocycles. The van der Waals surface area contributed by atoms with Crippen LogP contribution >= 0.6 is 0 Å². The standard InChI is InChI=1S/C20H21N5O2S/c26-28(27)11-9-17(14-28)23-20-24-18(15-6-2-1-3-7-15)12-19(25-20)22-13-16-8-4-5-10-21-16/h1-8,10,12,17H,9,11,13-14H2,(H2,22,23,24,25). The van der Waals surface area contributed by atoms with Crippen LogP contribution in [0.2, 0.25) is 0 Å². The molecule has 28 heavy (non-hydrogen) atoms. The maximum absolute atomic E-state index is 11.7. The molecule has 1 atom stereocenters. The zero-order valence-electron chi connectivity index (χ0n) is 15.2. The molecular formula is C20H21N5O2S. The van der Waals surface area contributed by atoms with E-state index in [9.17, 15) is 8.42 Å². The lowest BCUT2D eigenvalue weighted by atomic mass is 10.1. The zero-order chi connectivity index (χ0) is 19.4. The van der Waals surface area contributed by atoms with Crippen LogP contribution in [0.25, 0.3) is 11.3 Å². The second kappa shape index (κ2) is 7.93. The maximum atomic E-state index is 11.7. The van der Waals surface area contributed by atoms with Crippen molar-refractivity contribution in [3.8, 4) is 11.3 Å². The summed E-state index contributed by atoms with van der Waals surface area (Å²) >= 11 is 0. The highest BCUT2D eigenvalue weighted by Gasteiger charge is 2.28. The molecule has 0 radical (unpaired) electrons. The second-order valence-electron chi connectivity index (χ2n) is 6.75. The summed E-state index contributed by atoms with van der Waals surface area (Å²) in [6, 6.07) is 17.3. The van der Waals surface area contributed by atoms with Crippen molar-refractivity contribution in [2.24, 2.45) is 0 Å². The van der Waals surface area contributed by atoms with Crippen LogP contribution in [0.5, 0.6) is 0 Å². The van der Waals surface area contributed by atoms with E-state index in [-0.39, 0.29) is 17.5 Å². The average molecular weight is 395 g/mol. The third-order valence-electron chi connectivity index (χ3n) is 4.54. The molecule has 0 saturated carbocycles. The number of hydrogen-bond acceptors (Lipinski definition) is 7. The first-order valence-corrected chi connectivity index (χ1v) is 10.9. The Hall–Kier alpha value is -3.00. The second-order valence-corrected chi connectivity index (χ2v) is 8.98. The van der Waals surface area contributed by atoms with E-state index in [0.717, 1.165) is 17.0 Å². The Bertz CT molecular complexity index is 1040. The summed E-state index contributed by atoms with van der Waals surface area (Å²) in [5.74, 6) is 1.39. The van der Waals surface area contributed by atoms with Crippen molar-refractivity contribution >= 4 is 21.6 Å². The van der Waals surface area contributed by atoms with Gasteiger partial charge >= 0.3 is 0 Å². The molecule has 0 amide bonds. The van der Waals surface area contributed by atoms with Crippen LogP contribution in [0, 0.1) is 0 Å². The Labute approximate surface area is 164 Å². The van der Waals surface area contributed by atoms with Gasteiger partial charge in [-0.15, -0.1) is 0 Å². The number of sulfone groups is 1. The van der Waals surface area contributed by atoms with Crippen LogP contribution in [-0.2, 0) is 16.4 Å². The SMILES string of the molecule is O=S1(=O)CCC(Nc2nc(NCc3ccccn3)cc(-c3ccccc3)n2)C1. The monoisotopic (exact) mass is 395 g/mol. The summed E-state index contributed by atoms with van der Waals surface area (Å²) in [5, 5.41) is 6.47. The first kappa shape index (κ1) is 18.4. The van der Waals surface area contributed by atoms with Gasteiger partial charge in [0.05, 0.1) is 29.4 Å². The van der Waals surface area contributed by atoms with Gasteiger partial charge in [0, 0.05) is 23.9 Å². The molecule has 0 spiro atoms. The third kappa shape index (κ3) is 4.64. The van der Waals surface area contributed by atoms with Crippen molar-refractivity contribution in [2.45, 2.75) is 19.0 Å². The summed E-state index contributed by atoms with van der Waals surface area (Å²) < 4.78 is 23.5. The van der Waals surface area contributed by atoms with Gasteiger partial charge in [-0.05, 0) is 18.6 Å². The zero-order valence-corrected chi connectivity index (χ0v) is 16.1. The van der Waals surface area contributed by atoms with Crippen LogP contribution < -0.4 is 10.6 Å². The van der Waals surface area contributed by atoms with Crippen LogP contribution in [0.1, 0.15) is 12.1 Å². The van der Waals surface area contributed by atoms with Gasteiger partial charge in [0.15, 0.2) is 9.84 Å². The predicted octanol–water partition coefficient (Wildman–Crippen LogP) is 2.75. The van der Waals surface area contributed by atoms with Crippen LogP contribution in [0.15, 0.2) is 60.8 Å². The summed E-state index contributed by atoms with van der Waals surface area (Å²) in [5.41, 5.74) is 2.63. The van der Waals surface area contributed by atoms with Crippen LogP contribution in [0.3, 0.4) is 0 Å². The molecule has 0 bridgehead atoms. The Morgan fingerprint density at radius 1 is 1.04 bits per heavy atom. The fourth-order valence-corrected chi connectivity index (χ4v) is 4.81. The van der Waals surface area contributed by atoms with Crippen molar-refractivity contribution in [1.29, 1.82) is 0 Å². The van der Waals surface area contributed by atoms with Gasteiger partial charge in [-0.2, -0.15) is 4.98 Å². The highest BCUT2D eigenvalue weighted by molar-refractivity contribution is 7.91. The number of aromatic nitrogens is 3.